The van der Waals surface area contributed by atoms with Crippen molar-refractivity contribution < 1.29 is 9.59 Å². The summed E-state index contributed by atoms with van der Waals surface area (Å²) in [6.45, 7) is 4.19. The molecule has 1 aromatic rings. The Balaban J connectivity index is 1.41. The second kappa shape index (κ2) is 5.65. The van der Waals surface area contributed by atoms with E-state index in [9.17, 15) is 9.59 Å². The van der Waals surface area contributed by atoms with Gasteiger partial charge >= 0.3 is 0 Å². The van der Waals surface area contributed by atoms with Gasteiger partial charge in [0.05, 0.1) is 18.2 Å². The Labute approximate surface area is 136 Å². The van der Waals surface area contributed by atoms with Crippen LogP contribution in [0.25, 0.3) is 0 Å². The summed E-state index contributed by atoms with van der Waals surface area (Å²) in [6.07, 6.45) is 8.59. The molecule has 1 aromatic heterocycles. The van der Waals surface area contributed by atoms with Crippen LogP contribution in [0.1, 0.15) is 43.7 Å². The lowest BCUT2D eigenvalue weighted by Crippen LogP contribution is -2.44. The number of hydrogen-bond donors (Lipinski definition) is 0. The predicted molar refractivity (Wildman–Crippen MR) is 84.7 cm³/mol. The van der Waals surface area contributed by atoms with Gasteiger partial charge in [0.15, 0.2) is 0 Å². The average molecular weight is 316 g/mol. The molecule has 0 spiro atoms. The van der Waals surface area contributed by atoms with Crippen molar-refractivity contribution in [1.29, 1.82) is 0 Å². The van der Waals surface area contributed by atoms with Gasteiger partial charge in [-0.3, -0.25) is 14.3 Å². The molecule has 1 saturated carbocycles. The molecule has 0 bridgehead atoms. The van der Waals surface area contributed by atoms with Crippen LogP contribution < -0.4 is 0 Å². The van der Waals surface area contributed by atoms with E-state index in [0.29, 0.717) is 25.6 Å². The molecule has 0 radical (unpaired) electrons. The molecule has 124 valence electrons. The Bertz CT molecular complexity index is 622. The molecule has 1 aliphatic carbocycles. The minimum Gasteiger partial charge on any atom is -0.340 e. The largest absolute Gasteiger partial charge is 0.340 e. The molecule has 2 amide bonds. The number of nitrogens with zero attached hydrogens (tertiary/aromatic N) is 4. The Kier molecular flexibility index (Phi) is 3.62. The van der Waals surface area contributed by atoms with E-state index in [1.807, 2.05) is 33.8 Å². The number of piperidine rings is 1. The van der Waals surface area contributed by atoms with Crippen molar-refractivity contribution in [1.82, 2.24) is 19.6 Å². The van der Waals surface area contributed by atoms with E-state index < -0.39 is 0 Å². The maximum absolute atomic E-state index is 12.8. The van der Waals surface area contributed by atoms with E-state index in [0.717, 1.165) is 37.8 Å². The first kappa shape index (κ1) is 14.7. The first-order valence-electron chi connectivity index (χ1n) is 8.71. The van der Waals surface area contributed by atoms with Gasteiger partial charge in [-0.05, 0) is 38.2 Å². The molecule has 0 unspecified atom stereocenters. The molecule has 6 heteroatoms. The number of aromatic nitrogens is 2. The molecule has 2 saturated heterocycles. The number of aryl methyl sites for hydroxylation is 1. The van der Waals surface area contributed by atoms with Crippen molar-refractivity contribution in [2.75, 3.05) is 19.6 Å². The molecular weight excluding hydrogens is 292 g/mol. The number of likely N-dealkylation sites (tertiary alicyclic amines) is 2. The van der Waals surface area contributed by atoms with Crippen molar-refractivity contribution in [3.8, 4) is 0 Å². The van der Waals surface area contributed by atoms with Gasteiger partial charge in [0.25, 0.3) is 0 Å². The fourth-order valence-electron chi connectivity index (χ4n) is 3.90. The highest BCUT2D eigenvalue weighted by molar-refractivity contribution is 5.89. The van der Waals surface area contributed by atoms with Crippen molar-refractivity contribution in [3.63, 3.8) is 0 Å². The Morgan fingerprint density at radius 2 is 2.04 bits per heavy atom. The average Bonchev–Trinajstić information content (AvgIpc) is 3.19. The maximum atomic E-state index is 12.8. The van der Waals surface area contributed by atoms with E-state index in [-0.39, 0.29) is 23.8 Å². The Hall–Kier alpha value is -1.85. The van der Waals surface area contributed by atoms with Gasteiger partial charge in [-0.25, -0.2) is 0 Å². The molecular formula is C17H24N4O2. The summed E-state index contributed by atoms with van der Waals surface area (Å²) in [6, 6.07) is 0.680. The lowest BCUT2D eigenvalue weighted by atomic mass is 10.0. The molecule has 6 nitrogen and oxygen atoms in total. The minimum atomic E-state index is -0.138. The molecule has 3 fully saturated rings. The monoisotopic (exact) mass is 316 g/mol. The lowest BCUT2D eigenvalue weighted by Gasteiger charge is -2.34. The van der Waals surface area contributed by atoms with Crippen molar-refractivity contribution >= 4 is 11.8 Å². The van der Waals surface area contributed by atoms with Gasteiger partial charge in [0.2, 0.25) is 11.8 Å². The van der Waals surface area contributed by atoms with Crippen LogP contribution >= 0.6 is 0 Å². The van der Waals surface area contributed by atoms with Crippen LogP contribution in [-0.4, -0.2) is 57.1 Å². The van der Waals surface area contributed by atoms with Crippen LogP contribution in [0.5, 0.6) is 0 Å². The predicted octanol–water partition coefficient (Wildman–Crippen LogP) is 1.37. The van der Waals surface area contributed by atoms with Gasteiger partial charge in [0.1, 0.15) is 0 Å². The Morgan fingerprint density at radius 1 is 1.22 bits per heavy atom. The molecule has 2 atom stereocenters. The smallest absolute Gasteiger partial charge is 0.228 e. The van der Waals surface area contributed by atoms with Crippen LogP contribution in [0, 0.1) is 12.8 Å². The summed E-state index contributed by atoms with van der Waals surface area (Å²) in [4.78, 5) is 28.8. The number of hydrogen-bond acceptors (Lipinski definition) is 3. The Morgan fingerprint density at radius 3 is 2.74 bits per heavy atom. The third-order valence-corrected chi connectivity index (χ3v) is 5.31. The quantitative estimate of drug-likeness (QED) is 0.846. The van der Waals surface area contributed by atoms with Gasteiger partial charge in [0, 0.05) is 38.3 Å². The van der Waals surface area contributed by atoms with Crippen LogP contribution in [-0.2, 0) is 9.59 Å². The number of rotatable bonds is 3. The summed E-state index contributed by atoms with van der Waals surface area (Å²) in [5.74, 6) is 0.193. The van der Waals surface area contributed by atoms with Gasteiger partial charge in [-0.15, -0.1) is 0 Å². The van der Waals surface area contributed by atoms with E-state index in [4.69, 9.17) is 0 Å². The summed E-state index contributed by atoms with van der Waals surface area (Å²) >= 11 is 0. The van der Waals surface area contributed by atoms with Crippen molar-refractivity contribution in [2.45, 2.75) is 51.1 Å². The number of amides is 2. The van der Waals surface area contributed by atoms with Crippen molar-refractivity contribution in [2.24, 2.45) is 5.92 Å². The number of carbonyl (C=O) groups excluding carboxylic acids is 2. The van der Waals surface area contributed by atoms with Crippen molar-refractivity contribution in [3.05, 3.63) is 18.0 Å². The number of carbonyl (C=O) groups is 2. The van der Waals surface area contributed by atoms with Gasteiger partial charge < -0.3 is 9.80 Å². The van der Waals surface area contributed by atoms with E-state index in [1.165, 1.54) is 0 Å². The van der Waals surface area contributed by atoms with Crippen LogP contribution in [0.2, 0.25) is 0 Å². The highest BCUT2D eigenvalue weighted by Crippen LogP contribution is 2.33. The molecule has 2 aliphatic heterocycles. The third-order valence-electron chi connectivity index (χ3n) is 5.31. The van der Waals surface area contributed by atoms with E-state index in [2.05, 4.69) is 5.10 Å². The SMILES string of the molecule is Cc1cnn([C@H]2CCCN(C(=O)[C@@H]3CC(=O)N(C4CC4)C3)C2)c1. The maximum Gasteiger partial charge on any atom is 0.228 e. The second-order valence-corrected chi connectivity index (χ2v) is 7.26. The fraction of sp³-hybridized carbons (Fsp3) is 0.706. The van der Waals surface area contributed by atoms with Gasteiger partial charge in [-0.1, -0.05) is 0 Å². The summed E-state index contributed by atoms with van der Waals surface area (Å²) < 4.78 is 1.99. The normalized spacial score (nSPS) is 28.5. The van der Waals surface area contributed by atoms with Crippen LogP contribution in [0.3, 0.4) is 0 Å². The fourth-order valence-corrected chi connectivity index (χ4v) is 3.90. The molecule has 3 aliphatic rings. The first-order chi connectivity index (χ1) is 11.1. The third kappa shape index (κ3) is 2.86. The zero-order chi connectivity index (χ0) is 16.0. The van der Waals surface area contributed by atoms with Crippen LogP contribution in [0.4, 0.5) is 0 Å². The molecule has 23 heavy (non-hydrogen) atoms. The summed E-state index contributed by atoms with van der Waals surface area (Å²) in [5.41, 5.74) is 1.15. The van der Waals surface area contributed by atoms with Gasteiger partial charge in [-0.2, -0.15) is 5.10 Å². The highest BCUT2D eigenvalue weighted by Gasteiger charge is 2.43. The highest BCUT2D eigenvalue weighted by atomic mass is 16.2. The summed E-state index contributed by atoms with van der Waals surface area (Å²) in [7, 11) is 0. The molecule has 0 N–H and O–H groups in total. The molecule has 4 rings (SSSR count). The summed E-state index contributed by atoms with van der Waals surface area (Å²) in [5, 5.41) is 4.40. The molecule has 3 heterocycles. The topological polar surface area (TPSA) is 58.4 Å². The lowest BCUT2D eigenvalue weighted by molar-refractivity contribution is -0.137. The van der Waals surface area contributed by atoms with E-state index in [1.54, 1.807) is 0 Å². The zero-order valence-corrected chi connectivity index (χ0v) is 13.6. The zero-order valence-electron chi connectivity index (χ0n) is 13.6. The standard InChI is InChI=1S/C17H24N4O2/c1-12-8-18-21(9-12)15-3-2-6-19(11-15)17(23)13-7-16(22)20(10-13)14-4-5-14/h8-9,13-15H,2-7,10-11H2,1H3/t13-,15+/m1/s1. The second-order valence-electron chi connectivity index (χ2n) is 7.26. The van der Waals surface area contributed by atoms with E-state index >= 15 is 0 Å². The minimum absolute atomic E-state index is 0.138. The first-order valence-corrected chi connectivity index (χ1v) is 8.71. The molecule has 0 aromatic carbocycles. The van der Waals surface area contributed by atoms with Crippen LogP contribution in [0.15, 0.2) is 12.4 Å².